The first-order chi connectivity index (χ1) is 8.52. The molecule has 1 N–H and O–H groups in total. The standard InChI is InChI=1S/C12H10BrNO4/c1-7-4-10(13)9(5-11(7)14(16)17)12-3-2-8(6-15)18-12/h2-5,15H,6H2,1H3. The molecule has 0 saturated carbocycles. The maximum Gasteiger partial charge on any atom is 0.273 e. The zero-order chi connectivity index (χ0) is 13.3. The Labute approximate surface area is 111 Å². The van der Waals surface area contributed by atoms with Gasteiger partial charge < -0.3 is 9.52 Å². The van der Waals surface area contributed by atoms with E-state index >= 15 is 0 Å². The van der Waals surface area contributed by atoms with Crippen molar-refractivity contribution in [2.45, 2.75) is 13.5 Å². The molecule has 5 nitrogen and oxygen atoms in total. The Bertz CT molecular complexity index is 606. The summed E-state index contributed by atoms with van der Waals surface area (Å²) in [6.45, 7) is 1.47. The molecule has 0 atom stereocenters. The van der Waals surface area contributed by atoms with E-state index in [1.807, 2.05) is 0 Å². The molecule has 0 aliphatic heterocycles. The number of nitrogens with zero attached hydrogens (tertiary/aromatic N) is 1. The van der Waals surface area contributed by atoms with E-state index in [9.17, 15) is 10.1 Å². The Morgan fingerprint density at radius 3 is 2.72 bits per heavy atom. The first kappa shape index (κ1) is 12.8. The van der Waals surface area contributed by atoms with E-state index in [1.165, 1.54) is 6.07 Å². The minimum Gasteiger partial charge on any atom is -0.459 e. The lowest BCUT2D eigenvalue weighted by Crippen LogP contribution is -1.93. The lowest BCUT2D eigenvalue weighted by molar-refractivity contribution is -0.385. The van der Waals surface area contributed by atoms with Crippen LogP contribution in [0.1, 0.15) is 11.3 Å². The molecule has 0 amide bonds. The van der Waals surface area contributed by atoms with Crippen molar-refractivity contribution in [3.8, 4) is 11.3 Å². The molecule has 94 valence electrons. The number of aliphatic hydroxyl groups is 1. The quantitative estimate of drug-likeness (QED) is 0.696. The van der Waals surface area contributed by atoms with Crippen LogP contribution in [0.25, 0.3) is 11.3 Å². The molecule has 6 heteroatoms. The second-order valence-corrected chi connectivity index (χ2v) is 4.65. The fraction of sp³-hybridized carbons (Fsp3) is 0.167. The fourth-order valence-corrected chi connectivity index (χ4v) is 2.31. The number of hydrogen-bond acceptors (Lipinski definition) is 4. The molecule has 1 aromatic carbocycles. The summed E-state index contributed by atoms with van der Waals surface area (Å²) in [5, 5.41) is 19.8. The lowest BCUT2D eigenvalue weighted by Gasteiger charge is -2.04. The number of aliphatic hydroxyl groups excluding tert-OH is 1. The molecule has 2 aromatic rings. The van der Waals surface area contributed by atoms with Gasteiger partial charge in [0, 0.05) is 21.7 Å². The Morgan fingerprint density at radius 1 is 1.44 bits per heavy atom. The predicted octanol–water partition coefficient (Wildman–Crippen LogP) is 3.42. The van der Waals surface area contributed by atoms with Crippen LogP contribution in [-0.2, 0) is 6.61 Å². The molecule has 0 fully saturated rings. The van der Waals surface area contributed by atoms with Gasteiger partial charge in [0.1, 0.15) is 18.1 Å². The Morgan fingerprint density at radius 2 is 2.17 bits per heavy atom. The summed E-state index contributed by atoms with van der Waals surface area (Å²) in [5.74, 6) is 0.897. The van der Waals surface area contributed by atoms with Crippen molar-refractivity contribution in [2.75, 3.05) is 0 Å². The third-order valence-corrected chi connectivity index (χ3v) is 3.22. The molecule has 0 spiro atoms. The highest BCUT2D eigenvalue weighted by atomic mass is 79.9. The topological polar surface area (TPSA) is 76.5 Å². The molecular weight excluding hydrogens is 302 g/mol. The zero-order valence-corrected chi connectivity index (χ0v) is 11.1. The maximum absolute atomic E-state index is 10.9. The van der Waals surface area contributed by atoms with E-state index in [4.69, 9.17) is 9.52 Å². The fourth-order valence-electron chi connectivity index (χ4n) is 1.65. The van der Waals surface area contributed by atoms with Crippen LogP contribution < -0.4 is 0 Å². The van der Waals surface area contributed by atoms with Crippen molar-refractivity contribution in [3.63, 3.8) is 0 Å². The van der Waals surface area contributed by atoms with Crippen LogP contribution in [0.5, 0.6) is 0 Å². The van der Waals surface area contributed by atoms with Crippen molar-refractivity contribution >= 4 is 21.6 Å². The number of furan rings is 1. The number of nitro groups is 1. The number of aryl methyl sites for hydroxylation is 1. The van der Waals surface area contributed by atoms with Gasteiger partial charge in [-0.15, -0.1) is 0 Å². The van der Waals surface area contributed by atoms with Crippen molar-refractivity contribution < 1.29 is 14.4 Å². The van der Waals surface area contributed by atoms with Crippen LogP contribution in [0, 0.1) is 17.0 Å². The Balaban J connectivity index is 2.56. The van der Waals surface area contributed by atoms with Crippen LogP contribution in [0.3, 0.4) is 0 Å². The van der Waals surface area contributed by atoms with Crippen LogP contribution in [-0.4, -0.2) is 10.0 Å². The summed E-state index contributed by atoms with van der Waals surface area (Å²) in [6, 6.07) is 6.44. The van der Waals surface area contributed by atoms with E-state index in [0.29, 0.717) is 27.1 Å². The highest BCUT2D eigenvalue weighted by Gasteiger charge is 2.17. The van der Waals surface area contributed by atoms with Crippen LogP contribution in [0.4, 0.5) is 5.69 Å². The van der Waals surface area contributed by atoms with Crippen LogP contribution in [0.2, 0.25) is 0 Å². The third kappa shape index (κ3) is 2.30. The Kier molecular flexibility index (Phi) is 3.49. The van der Waals surface area contributed by atoms with Crippen molar-refractivity contribution in [1.29, 1.82) is 0 Å². The molecular formula is C12H10BrNO4. The number of halogens is 1. The molecule has 1 aromatic heterocycles. The molecule has 0 bridgehead atoms. The molecule has 2 rings (SSSR count). The van der Waals surface area contributed by atoms with Crippen LogP contribution >= 0.6 is 15.9 Å². The average Bonchev–Trinajstić information content (AvgIpc) is 2.77. The molecule has 0 aliphatic rings. The maximum atomic E-state index is 10.9. The van der Waals surface area contributed by atoms with Gasteiger partial charge in [0.25, 0.3) is 5.69 Å². The van der Waals surface area contributed by atoms with Gasteiger partial charge in [-0.25, -0.2) is 0 Å². The molecule has 1 heterocycles. The van der Waals surface area contributed by atoms with Crippen molar-refractivity contribution in [2.24, 2.45) is 0 Å². The SMILES string of the molecule is Cc1cc(Br)c(-c2ccc(CO)o2)cc1[N+](=O)[O-]. The molecule has 0 unspecified atom stereocenters. The van der Waals surface area contributed by atoms with Gasteiger partial charge in [0.15, 0.2) is 0 Å². The second kappa shape index (κ2) is 4.91. The lowest BCUT2D eigenvalue weighted by atomic mass is 10.1. The third-order valence-electron chi connectivity index (χ3n) is 2.57. The van der Waals surface area contributed by atoms with Gasteiger partial charge in [-0.1, -0.05) is 15.9 Å². The summed E-state index contributed by atoms with van der Waals surface area (Å²) in [7, 11) is 0. The average molecular weight is 312 g/mol. The Hall–Kier alpha value is -1.66. The van der Waals surface area contributed by atoms with E-state index in [1.54, 1.807) is 25.1 Å². The number of benzene rings is 1. The highest BCUT2D eigenvalue weighted by molar-refractivity contribution is 9.10. The van der Waals surface area contributed by atoms with Gasteiger partial charge >= 0.3 is 0 Å². The second-order valence-electron chi connectivity index (χ2n) is 3.80. The van der Waals surface area contributed by atoms with E-state index in [2.05, 4.69) is 15.9 Å². The number of nitro benzene ring substituents is 1. The first-order valence-electron chi connectivity index (χ1n) is 5.17. The van der Waals surface area contributed by atoms with Crippen molar-refractivity contribution in [1.82, 2.24) is 0 Å². The van der Waals surface area contributed by atoms with Gasteiger partial charge in [0.05, 0.1) is 4.92 Å². The van der Waals surface area contributed by atoms with Gasteiger partial charge in [-0.3, -0.25) is 10.1 Å². The van der Waals surface area contributed by atoms with Crippen LogP contribution in [0.15, 0.2) is 33.2 Å². The largest absolute Gasteiger partial charge is 0.459 e. The minimum atomic E-state index is -0.429. The van der Waals surface area contributed by atoms with Gasteiger partial charge in [-0.05, 0) is 25.1 Å². The first-order valence-corrected chi connectivity index (χ1v) is 5.96. The summed E-state index contributed by atoms with van der Waals surface area (Å²) in [6.07, 6.45) is 0. The number of hydrogen-bond donors (Lipinski definition) is 1. The summed E-state index contributed by atoms with van der Waals surface area (Å²) < 4.78 is 6.08. The summed E-state index contributed by atoms with van der Waals surface area (Å²) in [4.78, 5) is 10.5. The predicted molar refractivity (Wildman–Crippen MR) is 69.2 cm³/mol. The highest BCUT2D eigenvalue weighted by Crippen LogP contribution is 2.34. The summed E-state index contributed by atoms with van der Waals surface area (Å²) in [5.41, 5.74) is 1.20. The van der Waals surface area contributed by atoms with Gasteiger partial charge in [-0.2, -0.15) is 0 Å². The van der Waals surface area contributed by atoms with E-state index in [-0.39, 0.29) is 12.3 Å². The molecule has 0 radical (unpaired) electrons. The molecule has 0 saturated heterocycles. The van der Waals surface area contributed by atoms with E-state index in [0.717, 1.165) is 0 Å². The van der Waals surface area contributed by atoms with E-state index < -0.39 is 4.92 Å². The number of rotatable bonds is 3. The smallest absolute Gasteiger partial charge is 0.273 e. The minimum absolute atomic E-state index is 0.0372. The normalized spacial score (nSPS) is 10.6. The molecule has 18 heavy (non-hydrogen) atoms. The zero-order valence-electron chi connectivity index (χ0n) is 9.51. The van der Waals surface area contributed by atoms with Gasteiger partial charge in [0.2, 0.25) is 0 Å². The monoisotopic (exact) mass is 311 g/mol. The van der Waals surface area contributed by atoms with Crippen molar-refractivity contribution in [3.05, 3.63) is 50.2 Å². The molecule has 0 aliphatic carbocycles. The summed E-state index contributed by atoms with van der Waals surface area (Å²) >= 11 is 3.35.